The number of anilines is 1. The molecule has 3 rings (SSSR count). The van der Waals surface area contributed by atoms with Crippen LogP contribution in [0.2, 0.25) is 0 Å². The Morgan fingerprint density at radius 3 is 3.00 bits per heavy atom. The first-order valence-corrected chi connectivity index (χ1v) is 7.50. The van der Waals surface area contributed by atoms with E-state index in [1.165, 1.54) is 0 Å². The third-order valence-corrected chi connectivity index (χ3v) is 3.83. The lowest BCUT2D eigenvalue weighted by Gasteiger charge is -2.28. The lowest BCUT2D eigenvalue weighted by Crippen LogP contribution is -2.37. The number of carbonyl (C=O) groups is 1. The van der Waals surface area contributed by atoms with E-state index in [1.807, 2.05) is 12.1 Å². The summed E-state index contributed by atoms with van der Waals surface area (Å²) in [6, 6.07) is 3.96. The largest absolute Gasteiger partial charge is 0.378 e. The van der Waals surface area contributed by atoms with Crippen LogP contribution in [0.25, 0.3) is 0 Å². The summed E-state index contributed by atoms with van der Waals surface area (Å²) in [5, 5.41) is 2.94. The summed E-state index contributed by atoms with van der Waals surface area (Å²) in [5.74, 6) is 0.930. The van der Waals surface area contributed by atoms with Gasteiger partial charge in [-0.3, -0.25) is 4.79 Å². The number of nitrogens with one attached hydrogen (secondary N) is 1. The van der Waals surface area contributed by atoms with Crippen LogP contribution in [0.4, 0.5) is 5.82 Å². The van der Waals surface area contributed by atoms with E-state index in [0.29, 0.717) is 13.2 Å². The van der Waals surface area contributed by atoms with E-state index < -0.39 is 0 Å². The van der Waals surface area contributed by atoms with Crippen LogP contribution in [-0.2, 0) is 20.8 Å². The highest BCUT2D eigenvalue weighted by Crippen LogP contribution is 2.15. The molecule has 0 radical (unpaired) electrons. The highest BCUT2D eigenvalue weighted by Gasteiger charge is 2.23. The van der Waals surface area contributed by atoms with Crippen LogP contribution >= 0.6 is 0 Å². The van der Waals surface area contributed by atoms with Crippen molar-refractivity contribution < 1.29 is 14.3 Å². The zero-order chi connectivity index (χ0) is 14.5. The lowest BCUT2D eigenvalue weighted by atomic mass is 10.2. The van der Waals surface area contributed by atoms with Crippen LogP contribution in [0.3, 0.4) is 0 Å². The third kappa shape index (κ3) is 3.71. The van der Waals surface area contributed by atoms with E-state index in [0.717, 1.165) is 50.5 Å². The zero-order valence-corrected chi connectivity index (χ0v) is 12.1. The third-order valence-electron chi connectivity index (χ3n) is 3.83. The molecule has 1 N–H and O–H groups in total. The molecule has 0 saturated carbocycles. The van der Waals surface area contributed by atoms with E-state index in [1.54, 1.807) is 6.20 Å². The summed E-state index contributed by atoms with van der Waals surface area (Å²) in [5.41, 5.74) is 1.05. The monoisotopic (exact) mass is 291 g/mol. The Bertz CT molecular complexity index is 483. The minimum atomic E-state index is -0.273. The molecule has 0 bridgehead atoms. The van der Waals surface area contributed by atoms with Crippen molar-refractivity contribution in [3.8, 4) is 0 Å². The smallest absolute Gasteiger partial charge is 0.249 e. The maximum Gasteiger partial charge on any atom is 0.249 e. The Balaban J connectivity index is 1.56. The van der Waals surface area contributed by atoms with Gasteiger partial charge in [-0.15, -0.1) is 0 Å². The molecule has 0 aromatic carbocycles. The fourth-order valence-corrected chi connectivity index (χ4v) is 2.62. The maximum absolute atomic E-state index is 11.9. The predicted molar refractivity (Wildman–Crippen MR) is 78.1 cm³/mol. The first kappa shape index (κ1) is 14.3. The molecule has 1 aromatic rings. The van der Waals surface area contributed by atoms with Crippen molar-refractivity contribution in [1.82, 2.24) is 10.3 Å². The van der Waals surface area contributed by atoms with Crippen molar-refractivity contribution in [3.05, 3.63) is 23.9 Å². The first-order valence-electron chi connectivity index (χ1n) is 7.50. The van der Waals surface area contributed by atoms with Crippen LogP contribution in [0.1, 0.15) is 18.4 Å². The molecule has 21 heavy (non-hydrogen) atoms. The molecule has 6 nitrogen and oxygen atoms in total. The zero-order valence-electron chi connectivity index (χ0n) is 12.1. The number of pyridine rings is 1. The number of hydrogen-bond donors (Lipinski definition) is 1. The topological polar surface area (TPSA) is 63.7 Å². The van der Waals surface area contributed by atoms with Crippen LogP contribution in [0.15, 0.2) is 18.3 Å². The predicted octanol–water partition coefficient (Wildman–Crippen LogP) is 0.713. The van der Waals surface area contributed by atoms with Gasteiger partial charge in [0.2, 0.25) is 5.91 Å². The van der Waals surface area contributed by atoms with E-state index in [4.69, 9.17) is 9.47 Å². The molecule has 2 aliphatic rings. The second kappa shape index (κ2) is 6.87. The van der Waals surface area contributed by atoms with Crippen molar-refractivity contribution >= 4 is 11.7 Å². The van der Waals surface area contributed by atoms with Gasteiger partial charge < -0.3 is 19.7 Å². The molecule has 2 fully saturated rings. The van der Waals surface area contributed by atoms with E-state index in [9.17, 15) is 4.79 Å². The van der Waals surface area contributed by atoms with Crippen molar-refractivity contribution in [3.63, 3.8) is 0 Å². The Morgan fingerprint density at radius 1 is 1.38 bits per heavy atom. The second-order valence-corrected chi connectivity index (χ2v) is 5.34. The summed E-state index contributed by atoms with van der Waals surface area (Å²) >= 11 is 0. The number of carbonyl (C=O) groups excluding carboxylic acids is 1. The van der Waals surface area contributed by atoms with E-state index in [-0.39, 0.29) is 12.0 Å². The molecule has 1 amide bonds. The van der Waals surface area contributed by atoms with Gasteiger partial charge in [0, 0.05) is 32.4 Å². The maximum atomic E-state index is 11.9. The van der Waals surface area contributed by atoms with Crippen LogP contribution < -0.4 is 10.2 Å². The minimum absolute atomic E-state index is 0.0164. The number of amides is 1. The fourth-order valence-electron chi connectivity index (χ4n) is 2.62. The molecule has 2 aliphatic heterocycles. The standard InChI is InChI=1S/C15H21N3O3/c19-15(13-2-1-7-21-13)17-11-12-3-4-16-14(10-12)18-5-8-20-9-6-18/h3-4,10,13H,1-2,5-9,11H2,(H,17,19). The summed E-state index contributed by atoms with van der Waals surface area (Å²) in [6.45, 7) is 4.40. The molecule has 1 aromatic heterocycles. The van der Waals surface area contributed by atoms with Gasteiger partial charge in [0.05, 0.1) is 13.2 Å². The second-order valence-electron chi connectivity index (χ2n) is 5.34. The molecule has 2 saturated heterocycles. The first-order chi connectivity index (χ1) is 10.3. The average molecular weight is 291 g/mol. The van der Waals surface area contributed by atoms with Crippen LogP contribution in [-0.4, -0.2) is 49.9 Å². The Morgan fingerprint density at radius 2 is 2.24 bits per heavy atom. The van der Waals surface area contributed by atoms with Gasteiger partial charge in [-0.1, -0.05) is 0 Å². The molecule has 3 heterocycles. The van der Waals surface area contributed by atoms with Gasteiger partial charge in [-0.2, -0.15) is 0 Å². The van der Waals surface area contributed by atoms with Gasteiger partial charge in [0.1, 0.15) is 11.9 Å². The van der Waals surface area contributed by atoms with E-state index >= 15 is 0 Å². The Labute approximate surface area is 124 Å². The van der Waals surface area contributed by atoms with Gasteiger partial charge >= 0.3 is 0 Å². The van der Waals surface area contributed by atoms with Gasteiger partial charge in [-0.05, 0) is 30.5 Å². The summed E-state index contributed by atoms with van der Waals surface area (Å²) in [6.07, 6.45) is 3.30. The van der Waals surface area contributed by atoms with E-state index in [2.05, 4.69) is 15.2 Å². The van der Waals surface area contributed by atoms with Gasteiger partial charge in [-0.25, -0.2) is 4.98 Å². The number of rotatable bonds is 4. The molecule has 1 unspecified atom stereocenters. The van der Waals surface area contributed by atoms with Gasteiger partial charge in [0.15, 0.2) is 0 Å². The fraction of sp³-hybridized carbons (Fsp3) is 0.600. The minimum Gasteiger partial charge on any atom is -0.378 e. The number of morpholine rings is 1. The summed E-state index contributed by atoms with van der Waals surface area (Å²) in [4.78, 5) is 18.5. The number of ether oxygens (including phenoxy) is 2. The number of nitrogens with zero attached hydrogens (tertiary/aromatic N) is 2. The quantitative estimate of drug-likeness (QED) is 0.885. The van der Waals surface area contributed by atoms with Crippen molar-refractivity contribution in [2.45, 2.75) is 25.5 Å². The van der Waals surface area contributed by atoms with Crippen molar-refractivity contribution in [1.29, 1.82) is 0 Å². The van der Waals surface area contributed by atoms with Crippen LogP contribution in [0, 0.1) is 0 Å². The molecule has 1 atom stereocenters. The lowest BCUT2D eigenvalue weighted by molar-refractivity contribution is -0.130. The van der Waals surface area contributed by atoms with Gasteiger partial charge in [0.25, 0.3) is 0 Å². The Hall–Kier alpha value is -1.66. The number of hydrogen-bond acceptors (Lipinski definition) is 5. The molecular weight excluding hydrogens is 270 g/mol. The summed E-state index contributed by atoms with van der Waals surface area (Å²) in [7, 11) is 0. The normalized spacial score (nSPS) is 22.3. The summed E-state index contributed by atoms with van der Waals surface area (Å²) < 4.78 is 10.7. The molecular formula is C15H21N3O3. The molecule has 0 spiro atoms. The van der Waals surface area contributed by atoms with Crippen LogP contribution in [0.5, 0.6) is 0 Å². The van der Waals surface area contributed by atoms with Crippen molar-refractivity contribution in [2.75, 3.05) is 37.8 Å². The highest BCUT2D eigenvalue weighted by molar-refractivity contribution is 5.80. The molecule has 114 valence electrons. The number of aromatic nitrogens is 1. The molecule has 0 aliphatic carbocycles. The average Bonchev–Trinajstić information content (AvgIpc) is 3.08. The van der Waals surface area contributed by atoms with Crippen molar-refractivity contribution in [2.24, 2.45) is 0 Å². The molecule has 6 heteroatoms. The SMILES string of the molecule is O=C(NCc1ccnc(N2CCOCC2)c1)C1CCCO1. The Kier molecular flexibility index (Phi) is 4.67. The highest BCUT2D eigenvalue weighted by atomic mass is 16.5.